The van der Waals surface area contributed by atoms with Gasteiger partial charge < -0.3 is 10.4 Å². The zero-order chi connectivity index (χ0) is 19.7. The van der Waals surface area contributed by atoms with Crippen molar-refractivity contribution in [2.24, 2.45) is 14.1 Å². The summed E-state index contributed by atoms with van der Waals surface area (Å²) in [6.45, 7) is 2.37. The molecular formula is C18H22BrN5O3. The average molecular weight is 436 g/mol. The SMILES string of the molecule is C[C@@H](CCO)Nc1nc2c(c(=O)n(C)c(=O)n2C)n1Cc1ccccc1Br. The first kappa shape index (κ1) is 19.4. The van der Waals surface area contributed by atoms with Crippen LogP contribution in [0.25, 0.3) is 11.2 Å². The van der Waals surface area contributed by atoms with Crippen molar-refractivity contribution in [3.8, 4) is 0 Å². The van der Waals surface area contributed by atoms with Gasteiger partial charge in [-0.2, -0.15) is 4.98 Å². The molecule has 0 saturated carbocycles. The molecule has 1 aromatic carbocycles. The van der Waals surface area contributed by atoms with Crippen LogP contribution in [0.2, 0.25) is 0 Å². The largest absolute Gasteiger partial charge is 0.396 e. The van der Waals surface area contributed by atoms with E-state index >= 15 is 0 Å². The normalized spacial score (nSPS) is 12.5. The topological polar surface area (TPSA) is 94.1 Å². The van der Waals surface area contributed by atoms with Crippen molar-refractivity contribution < 1.29 is 5.11 Å². The first-order valence-electron chi connectivity index (χ1n) is 8.62. The Morgan fingerprint density at radius 2 is 1.93 bits per heavy atom. The van der Waals surface area contributed by atoms with Crippen LogP contribution in [-0.2, 0) is 20.6 Å². The standard InChI is InChI=1S/C18H22BrN5O3/c1-11(8-9-25)20-17-21-15-14(16(26)23(3)18(27)22(15)2)24(17)10-12-6-4-5-7-13(12)19/h4-7,11,25H,8-10H2,1-3H3,(H,20,21)/t11-/m0/s1. The van der Waals surface area contributed by atoms with E-state index in [2.05, 4.69) is 26.2 Å². The molecule has 0 bridgehead atoms. The summed E-state index contributed by atoms with van der Waals surface area (Å²) in [5, 5.41) is 12.4. The molecule has 2 N–H and O–H groups in total. The zero-order valence-corrected chi connectivity index (χ0v) is 17.0. The Morgan fingerprint density at radius 3 is 2.59 bits per heavy atom. The Balaban J connectivity index is 2.25. The second-order valence-corrected chi connectivity index (χ2v) is 7.40. The van der Waals surface area contributed by atoms with Crippen molar-refractivity contribution in [3.05, 3.63) is 55.1 Å². The number of hydrogen-bond donors (Lipinski definition) is 2. The summed E-state index contributed by atoms with van der Waals surface area (Å²) in [5.74, 6) is 0.486. The Bertz CT molecular complexity index is 1100. The molecule has 2 heterocycles. The Morgan fingerprint density at radius 1 is 1.22 bits per heavy atom. The number of halogens is 1. The van der Waals surface area contributed by atoms with Crippen LogP contribution in [0.1, 0.15) is 18.9 Å². The third kappa shape index (κ3) is 3.57. The minimum atomic E-state index is -0.423. The molecule has 0 aliphatic carbocycles. The molecule has 9 heteroatoms. The molecule has 2 aromatic heterocycles. The number of aryl methyl sites for hydroxylation is 1. The predicted molar refractivity (Wildman–Crippen MR) is 108 cm³/mol. The lowest BCUT2D eigenvalue weighted by atomic mass is 10.2. The van der Waals surface area contributed by atoms with E-state index < -0.39 is 11.2 Å². The van der Waals surface area contributed by atoms with E-state index in [1.54, 1.807) is 11.6 Å². The fourth-order valence-corrected chi connectivity index (χ4v) is 3.40. The van der Waals surface area contributed by atoms with Gasteiger partial charge in [0.05, 0.1) is 6.54 Å². The number of fused-ring (bicyclic) bond motifs is 1. The molecule has 0 saturated heterocycles. The highest BCUT2D eigenvalue weighted by Crippen LogP contribution is 2.23. The molecule has 0 radical (unpaired) electrons. The third-order valence-corrected chi connectivity index (χ3v) is 5.35. The summed E-state index contributed by atoms with van der Waals surface area (Å²) in [7, 11) is 3.06. The van der Waals surface area contributed by atoms with Gasteiger partial charge in [-0.25, -0.2) is 4.79 Å². The van der Waals surface area contributed by atoms with Gasteiger partial charge in [-0.3, -0.25) is 18.5 Å². The first-order chi connectivity index (χ1) is 12.8. The Hall–Kier alpha value is -2.39. The van der Waals surface area contributed by atoms with Crippen molar-refractivity contribution >= 4 is 33.0 Å². The summed E-state index contributed by atoms with van der Waals surface area (Å²) in [6.07, 6.45) is 0.537. The molecule has 0 fully saturated rings. The van der Waals surface area contributed by atoms with Crippen LogP contribution in [0.15, 0.2) is 38.3 Å². The van der Waals surface area contributed by atoms with E-state index in [1.807, 2.05) is 31.2 Å². The number of aliphatic hydroxyl groups is 1. The van der Waals surface area contributed by atoms with Gasteiger partial charge in [-0.1, -0.05) is 34.1 Å². The average Bonchev–Trinajstić information content (AvgIpc) is 2.98. The quantitative estimate of drug-likeness (QED) is 0.610. The fourth-order valence-electron chi connectivity index (χ4n) is 2.99. The maximum atomic E-state index is 12.8. The molecule has 0 aliphatic rings. The van der Waals surface area contributed by atoms with E-state index in [0.29, 0.717) is 30.1 Å². The summed E-state index contributed by atoms with van der Waals surface area (Å²) in [5.41, 5.74) is 0.844. The Kier molecular flexibility index (Phi) is 5.52. The molecular weight excluding hydrogens is 414 g/mol. The molecule has 3 rings (SSSR count). The number of aromatic nitrogens is 4. The third-order valence-electron chi connectivity index (χ3n) is 4.57. The highest BCUT2D eigenvalue weighted by atomic mass is 79.9. The van der Waals surface area contributed by atoms with E-state index in [0.717, 1.165) is 14.6 Å². The number of benzene rings is 1. The van der Waals surface area contributed by atoms with Crippen LogP contribution in [0.5, 0.6) is 0 Å². The fraction of sp³-hybridized carbons (Fsp3) is 0.389. The van der Waals surface area contributed by atoms with Gasteiger partial charge in [0.1, 0.15) is 0 Å². The number of hydrogen-bond acceptors (Lipinski definition) is 5. The maximum Gasteiger partial charge on any atom is 0.332 e. The minimum absolute atomic E-state index is 0.0406. The number of anilines is 1. The lowest BCUT2D eigenvalue weighted by Gasteiger charge is -2.16. The molecule has 0 unspecified atom stereocenters. The van der Waals surface area contributed by atoms with Crippen molar-refractivity contribution in [1.29, 1.82) is 0 Å². The molecule has 3 aromatic rings. The number of rotatable bonds is 6. The van der Waals surface area contributed by atoms with Crippen molar-refractivity contribution in [3.63, 3.8) is 0 Å². The van der Waals surface area contributed by atoms with Crippen LogP contribution in [0.3, 0.4) is 0 Å². The monoisotopic (exact) mass is 435 g/mol. The van der Waals surface area contributed by atoms with Crippen LogP contribution in [-0.4, -0.2) is 36.4 Å². The van der Waals surface area contributed by atoms with Crippen molar-refractivity contribution in [1.82, 2.24) is 18.7 Å². The van der Waals surface area contributed by atoms with E-state index in [9.17, 15) is 14.7 Å². The molecule has 0 aliphatic heterocycles. The van der Waals surface area contributed by atoms with E-state index in [4.69, 9.17) is 0 Å². The number of imidazole rings is 1. The van der Waals surface area contributed by atoms with Crippen molar-refractivity contribution in [2.45, 2.75) is 25.9 Å². The summed E-state index contributed by atoms with van der Waals surface area (Å²) in [6, 6.07) is 7.69. The molecule has 1 atom stereocenters. The van der Waals surface area contributed by atoms with Crippen molar-refractivity contribution in [2.75, 3.05) is 11.9 Å². The van der Waals surface area contributed by atoms with Gasteiger partial charge in [-0.15, -0.1) is 0 Å². The van der Waals surface area contributed by atoms with Gasteiger partial charge in [0.15, 0.2) is 11.2 Å². The van der Waals surface area contributed by atoms with Crippen LogP contribution in [0, 0.1) is 0 Å². The second-order valence-electron chi connectivity index (χ2n) is 6.55. The van der Waals surface area contributed by atoms with Gasteiger partial charge in [0, 0.05) is 31.2 Å². The highest BCUT2D eigenvalue weighted by Gasteiger charge is 2.20. The number of aliphatic hydroxyl groups excluding tert-OH is 1. The maximum absolute atomic E-state index is 12.8. The summed E-state index contributed by atoms with van der Waals surface area (Å²) >= 11 is 3.54. The van der Waals surface area contributed by atoms with E-state index in [1.165, 1.54) is 11.6 Å². The van der Waals surface area contributed by atoms with Gasteiger partial charge in [0.25, 0.3) is 5.56 Å². The molecule has 27 heavy (non-hydrogen) atoms. The first-order valence-corrected chi connectivity index (χ1v) is 9.41. The summed E-state index contributed by atoms with van der Waals surface area (Å²) < 4.78 is 5.16. The molecule has 0 spiro atoms. The van der Waals surface area contributed by atoms with Crippen LogP contribution < -0.4 is 16.6 Å². The zero-order valence-electron chi connectivity index (χ0n) is 15.4. The second kappa shape index (κ2) is 7.69. The molecule has 8 nitrogen and oxygen atoms in total. The van der Waals surface area contributed by atoms with E-state index in [-0.39, 0.29) is 12.6 Å². The van der Waals surface area contributed by atoms with Crippen LogP contribution >= 0.6 is 15.9 Å². The highest BCUT2D eigenvalue weighted by molar-refractivity contribution is 9.10. The lowest BCUT2D eigenvalue weighted by Crippen LogP contribution is -2.37. The van der Waals surface area contributed by atoms with Gasteiger partial charge >= 0.3 is 5.69 Å². The smallest absolute Gasteiger partial charge is 0.332 e. The number of nitrogens with one attached hydrogen (secondary N) is 1. The molecule has 0 amide bonds. The van der Waals surface area contributed by atoms with Gasteiger partial charge in [0.2, 0.25) is 5.95 Å². The minimum Gasteiger partial charge on any atom is -0.396 e. The summed E-state index contributed by atoms with van der Waals surface area (Å²) in [4.78, 5) is 29.6. The predicted octanol–water partition coefficient (Wildman–Crippen LogP) is 1.43. The molecule has 144 valence electrons. The number of nitrogens with zero attached hydrogens (tertiary/aromatic N) is 4. The Labute approximate surface area is 164 Å². The van der Waals surface area contributed by atoms with Crippen LogP contribution in [0.4, 0.5) is 5.95 Å². The van der Waals surface area contributed by atoms with Gasteiger partial charge in [-0.05, 0) is 25.0 Å². The lowest BCUT2D eigenvalue weighted by molar-refractivity contribution is 0.282.